The van der Waals surface area contributed by atoms with Crippen molar-refractivity contribution in [2.24, 2.45) is 0 Å². The molecule has 3 aromatic rings. The summed E-state index contributed by atoms with van der Waals surface area (Å²) in [6, 6.07) is 13.4. The second kappa shape index (κ2) is 10.8. The standard InChI is InChI=1S/C21H22N4O5S3/c1-14-8-10-16(11-9-14)33(28,29)25(17-7-5-4-6-15(17)2)12-18(26)22-20-23-24-21(32-20)31-13-19(27)30-3/h4-11H,12-13H2,1-3H3,(H,22,23,26). The molecule has 33 heavy (non-hydrogen) atoms. The van der Waals surface area contributed by atoms with Gasteiger partial charge in [-0.1, -0.05) is 59.0 Å². The molecule has 0 radical (unpaired) electrons. The van der Waals surface area contributed by atoms with Gasteiger partial charge in [-0.05, 0) is 37.6 Å². The number of carbonyl (C=O) groups excluding carboxylic acids is 2. The molecule has 1 aromatic heterocycles. The molecular formula is C21H22N4O5S3. The third-order valence-corrected chi connectivity index (χ3v) is 8.19. The molecule has 0 saturated heterocycles. The van der Waals surface area contributed by atoms with Gasteiger partial charge in [-0.25, -0.2) is 8.42 Å². The molecular weight excluding hydrogens is 484 g/mol. The average molecular weight is 507 g/mol. The smallest absolute Gasteiger partial charge is 0.316 e. The van der Waals surface area contributed by atoms with Gasteiger partial charge in [-0.2, -0.15) is 0 Å². The number of amides is 1. The van der Waals surface area contributed by atoms with Crippen LogP contribution in [-0.4, -0.2) is 49.9 Å². The number of nitrogens with zero attached hydrogens (tertiary/aromatic N) is 3. The van der Waals surface area contributed by atoms with Crippen LogP contribution in [0.1, 0.15) is 11.1 Å². The van der Waals surface area contributed by atoms with Crippen molar-refractivity contribution in [1.82, 2.24) is 10.2 Å². The lowest BCUT2D eigenvalue weighted by Crippen LogP contribution is -2.38. The first-order valence-corrected chi connectivity index (χ1v) is 12.9. The molecule has 0 fully saturated rings. The van der Waals surface area contributed by atoms with E-state index in [1.807, 2.05) is 6.92 Å². The number of hydrogen-bond acceptors (Lipinski definition) is 9. The highest BCUT2D eigenvalue weighted by atomic mass is 32.2. The number of sulfonamides is 1. The maximum Gasteiger partial charge on any atom is 0.316 e. The van der Waals surface area contributed by atoms with Crippen molar-refractivity contribution in [2.45, 2.75) is 23.1 Å². The van der Waals surface area contributed by atoms with E-state index in [-0.39, 0.29) is 15.8 Å². The van der Waals surface area contributed by atoms with Gasteiger partial charge in [0, 0.05) is 0 Å². The second-order valence-electron chi connectivity index (χ2n) is 6.90. The number of carbonyl (C=O) groups is 2. The zero-order valence-corrected chi connectivity index (χ0v) is 20.6. The highest BCUT2D eigenvalue weighted by Gasteiger charge is 2.28. The van der Waals surface area contributed by atoms with Crippen LogP contribution in [0.2, 0.25) is 0 Å². The number of aryl methyl sites for hydroxylation is 2. The number of ether oxygens (including phenoxy) is 1. The van der Waals surface area contributed by atoms with Crippen molar-refractivity contribution < 1.29 is 22.7 Å². The fourth-order valence-corrected chi connectivity index (χ4v) is 5.85. The van der Waals surface area contributed by atoms with Gasteiger partial charge in [0.25, 0.3) is 10.0 Å². The highest BCUT2D eigenvalue weighted by Crippen LogP contribution is 2.28. The number of para-hydroxylation sites is 1. The summed E-state index contributed by atoms with van der Waals surface area (Å²) in [4.78, 5) is 24.2. The summed E-state index contributed by atoms with van der Waals surface area (Å²) in [6.07, 6.45) is 0. The Bertz CT molecular complexity index is 1240. The molecule has 1 N–H and O–H groups in total. The van der Waals surface area contributed by atoms with Gasteiger partial charge in [0.05, 0.1) is 23.4 Å². The van der Waals surface area contributed by atoms with E-state index in [9.17, 15) is 18.0 Å². The predicted octanol–water partition coefficient (Wildman–Crippen LogP) is 3.25. The number of methoxy groups -OCH3 is 1. The van der Waals surface area contributed by atoms with Crippen molar-refractivity contribution in [1.29, 1.82) is 0 Å². The third kappa shape index (κ3) is 6.30. The van der Waals surface area contributed by atoms with E-state index < -0.39 is 28.4 Å². The first-order valence-electron chi connectivity index (χ1n) is 9.68. The molecule has 1 amide bonds. The van der Waals surface area contributed by atoms with Crippen LogP contribution in [0.4, 0.5) is 10.8 Å². The molecule has 0 bridgehead atoms. The zero-order chi connectivity index (χ0) is 24.0. The van der Waals surface area contributed by atoms with E-state index in [1.54, 1.807) is 43.3 Å². The summed E-state index contributed by atoms with van der Waals surface area (Å²) in [5.41, 5.74) is 2.03. The summed E-state index contributed by atoms with van der Waals surface area (Å²) in [7, 11) is -2.72. The highest BCUT2D eigenvalue weighted by molar-refractivity contribution is 8.01. The van der Waals surface area contributed by atoms with E-state index in [0.29, 0.717) is 15.6 Å². The molecule has 0 aliphatic heterocycles. The third-order valence-electron chi connectivity index (χ3n) is 4.47. The number of thioether (sulfide) groups is 1. The average Bonchev–Trinajstić information content (AvgIpc) is 3.23. The molecule has 174 valence electrons. The van der Waals surface area contributed by atoms with Gasteiger partial charge in [0.1, 0.15) is 6.54 Å². The first kappa shape index (κ1) is 24.7. The van der Waals surface area contributed by atoms with Crippen LogP contribution >= 0.6 is 23.1 Å². The van der Waals surface area contributed by atoms with Crippen LogP contribution in [0.5, 0.6) is 0 Å². The lowest BCUT2D eigenvalue weighted by molar-refractivity contribution is -0.137. The van der Waals surface area contributed by atoms with Crippen molar-refractivity contribution in [3.05, 3.63) is 59.7 Å². The number of hydrogen-bond donors (Lipinski definition) is 1. The van der Waals surface area contributed by atoms with E-state index in [2.05, 4.69) is 20.3 Å². The summed E-state index contributed by atoms with van der Waals surface area (Å²) in [6.45, 7) is 3.19. The van der Waals surface area contributed by atoms with Gasteiger partial charge >= 0.3 is 5.97 Å². The summed E-state index contributed by atoms with van der Waals surface area (Å²) in [5.74, 6) is -0.917. The quantitative estimate of drug-likeness (QED) is 0.267. The second-order valence-corrected chi connectivity index (χ2v) is 11.0. The first-order chi connectivity index (χ1) is 15.7. The molecule has 9 nitrogen and oxygen atoms in total. The van der Waals surface area contributed by atoms with E-state index in [0.717, 1.165) is 33.0 Å². The Morgan fingerprint density at radius 3 is 2.45 bits per heavy atom. The Morgan fingerprint density at radius 1 is 1.09 bits per heavy atom. The fraction of sp³-hybridized carbons (Fsp3) is 0.238. The van der Waals surface area contributed by atoms with Crippen LogP contribution in [0.3, 0.4) is 0 Å². The van der Waals surface area contributed by atoms with Crippen LogP contribution < -0.4 is 9.62 Å². The van der Waals surface area contributed by atoms with Crippen molar-refractivity contribution in [3.8, 4) is 0 Å². The van der Waals surface area contributed by atoms with E-state index >= 15 is 0 Å². The number of nitrogens with one attached hydrogen (secondary N) is 1. The largest absolute Gasteiger partial charge is 0.468 e. The molecule has 0 atom stereocenters. The molecule has 0 spiro atoms. The molecule has 0 unspecified atom stereocenters. The Kier molecular flexibility index (Phi) is 8.06. The normalized spacial score (nSPS) is 11.1. The van der Waals surface area contributed by atoms with Gasteiger partial charge in [-0.3, -0.25) is 19.2 Å². The van der Waals surface area contributed by atoms with Gasteiger partial charge in [-0.15, -0.1) is 10.2 Å². The number of esters is 1. The minimum Gasteiger partial charge on any atom is -0.468 e. The Balaban J connectivity index is 1.82. The number of aromatic nitrogens is 2. The van der Waals surface area contributed by atoms with Crippen molar-refractivity contribution >= 4 is 55.8 Å². The topological polar surface area (TPSA) is 119 Å². The van der Waals surface area contributed by atoms with Gasteiger partial charge in [0.2, 0.25) is 11.0 Å². The molecule has 0 aliphatic carbocycles. The van der Waals surface area contributed by atoms with Crippen LogP contribution in [0.15, 0.2) is 57.8 Å². The predicted molar refractivity (Wildman–Crippen MR) is 128 cm³/mol. The minimum absolute atomic E-state index is 0.0644. The van der Waals surface area contributed by atoms with Crippen molar-refractivity contribution in [3.63, 3.8) is 0 Å². The molecule has 0 saturated carbocycles. The molecule has 0 aliphatic rings. The Morgan fingerprint density at radius 2 is 1.79 bits per heavy atom. The molecule has 12 heteroatoms. The van der Waals surface area contributed by atoms with Crippen molar-refractivity contribution in [2.75, 3.05) is 29.0 Å². The molecule has 1 heterocycles. The van der Waals surface area contributed by atoms with Crippen LogP contribution in [0.25, 0.3) is 0 Å². The Hall–Kier alpha value is -2.96. The fourth-order valence-electron chi connectivity index (χ4n) is 2.77. The van der Waals surface area contributed by atoms with Crippen LogP contribution in [-0.2, 0) is 24.3 Å². The number of rotatable bonds is 9. The zero-order valence-electron chi connectivity index (χ0n) is 18.1. The maximum atomic E-state index is 13.4. The lowest BCUT2D eigenvalue weighted by atomic mass is 10.2. The summed E-state index contributed by atoms with van der Waals surface area (Å²) in [5, 5.41) is 10.6. The monoisotopic (exact) mass is 506 g/mol. The number of anilines is 2. The number of benzene rings is 2. The SMILES string of the molecule is COC(=O)CSc1nnc(NC(=O)CN(c2ccccc2C)S(=O)(=O)c2ccc(C)cc2)s1. The maximum absolute atomic E-state index is 13.4. The van der Waals surface area contributed by atoms with Crippen LogP contribution in [0, 0.1) is 13.8 Å². The molecule has 3 rings (SSSR count). The van der Waals surface area contributed by atoms with Gasteiger partial charge in [0.15, 0.2) is 4.34 Å². The van der Waals surface area contributed by atoms with E-state index in [4.69, 9.17) is 0 Å². The molecule has 2 aromatic carbocycles. The lowest BCUT2D eigenvalue weighted by Gasteiger charge is -2.25. The minimum atomic E-state index is -4.01. The summed E-state index contributed by atoms with van der Waals surface area (Å²) >= 11 is 2.21. The van der Waals surface area contributed by atoms with E-state index in [1.165, 1.54) is 19.2 Å². The summed E-state index contributed by atoms with van der Waals surface area (Å²) < 4.78 is 33.0. The Labute approximate surface area is 200 Å². The van der Waals surface area contributed by atoms with Gasteiger partial charge < -0.3 is 4.74 Å².